The molecule has 0 amide bonds. The number of aryl methyl sites for hydroxylation is 2. The van der Waals surface area contributed by atoms with Gasteiger partial charge < -0.3 is 5.32 Å². The van der Waals surface area contributed by atoms with Gasteiger partial charge >= 0.3 is 6.18 Å². The van der Waals surface area contributed by atoms with E-state index >= 15 is 0 Å². The maximum Gasteiger partial charge on any atom is 0.416 e. The topological polar surface area (TPSA) is 36.4 Å². The van der Waals surface area contributed by atoms with Gasteiger partial charge in [0.1, 0.15) is 0 Å². The van der Waals surface area contributed by atoms with Gasteiger partial charge in [0.25, 0.3) is 0 Å². The molecule has 0 spiro atoms. The summed E-state index contributed by atoms with van der Waals surface area (Å²) in [5, 5.41) is 7.30. The lowest BCUT2D eigenvalue weighted by Crippen LogP contribution is -2.27. The third-order valence-corrected chi connectivity index (χ3v) is 5.13. The van der Waals surface area contributed by atoms with Crippen LogP contribution in [0.3, 0.4) is 0 Å². The molecule has 2 N–H and O–H groups in total. The van der Waals surface area contributed by atoms with Crippen molar-refractivity contribution in [3.63, 3.8) is 0 Å². The number of thiocarbonyl (C=S) groups is 1. The average Bonchev–Trinajstić information content (AvgIpc) is 2.61. The highest BCUT2D eigenvalue weighted by Crippen LogP contribution is 2.33. The van der Waals surface area contributed by atoms with Gasteiger partial charge in [-0.15, -0.1) is 0 Å². The molecule has 2 aromatic rings. The van der Waals surface area contributed by atoms with Crippen LogP contribution in [0.5, 0.6) is 0 Å². The number of nitrogens with one attached hydrogen (secondary N) is 2. The number of rotatable bonds is 2. The number of hydrogen-bond donors (Lipinski definition) is 2. The standard InChI is InChI=1S/C20H19ClF3N3S/c1-11-8-12(2)14-4-3-5-17(15(14)9-11)26-27-19(28)25-18-10-13(20(22,23)24)6-7-16(18)21/h6-10H,3-5H2,1-2H3,(H2,25,27,28). The summed E-state index contributed by atoms with van der Waals surface area (Å²) in [6.07, 6.45) is -1.67. The number of halogens is 4. The van der Waals surface area contributed by atoms with E-state index in [-0.39, 0.29) is 15.8 Å². The van der Waals surface area contributed by atoms with Crippen molar-refractivity contribution in [3.8, 4) is 0 Å². The molecule has 0 heterocycles. The molecule has 0 bridgehead atoms. The third-order valence-electron chi connectivity index (χ3n) is 4.60. The summed E-state index contributed by atoms with van der Waals surface area (Å²) in [6.45, 7) is 4.12. The molecule has 0 aromatic heterocycles. The fourth-order valence-electron chi connectivity index (χ4n) is 3.34. The zero-order valence-electron chi connectivity index (χ0n) is 15.4. The number of nitrogens with zero attached hydrogens (tertiary/aromatic N) is 1. The Labute approximate surface area is 172 Å². The molecule has 3 nitrogen and oxygen atoms in total. The van der Waals surface area contributed by atoms with Gasteiger partial charge in [-0.25, -0.2) is 0 Å². The largest absolute Gasteiger partial charge is 0.416 e. The maximum atomic E-state index is 12.9. The molecule has 28 heavy (non-hydrogen) atoms. The SMILES string of the molecule is Cc1cc(C)c2c(c1)C(=NNC(=S)Nc1cc(C(F)(F)F)ccc1Cl)CCC2. The minimum atomic E-state index is -4.46. The molecule has 0 atom stereocenters. The molecule has 0 radical (unpaired) electrons. The van der Waals surface area contributed by atoms with E-state index < -0.39 is 11.7 Å². The summed E-state index contributed by atoms with van der Waals surface area (Å²) >= 11 is 11.2. The van der Waals surface area contributed by atoms with Gasteiger partial charge in [0.15, 0.2) is 5.11 Å². The first kappa shape index (κ1) is 20.6. The van der Waals surface area contributed by atoms with E-state index in [1.807, 2.05) is 6.92 Å². The Hall–Kier alpha value is -2.12. The predicted octanol–water partition coefficient (Wildman–Crippen LogP) is 6.00. The van der Waals surface area contributed by atoms with Crippen LogP contribution in [0.25, 0.3) is 0 Å². The van der Waals surface area contributed by atoms with Gasteiger partial charge in [0.2, 0.25) is 0 Å². The zero-order valence-corrected chi connectivity index (χ0v) is 16.9. The molecule has 0 aliphatic heterocycles. The van der Waals surface area contributed by atoms with Gasteiger partial charge in [-0.3, -0.25) is 5.43 Å². The van der Waals surface area contributed by atoms with Crippen molar-refractivity contribution in [2.24, 2.45) is 5.10 Å². The number of alkyl halides is 3. The van der Waals surface area contributed by atoms with E-state index in [2.05, 4.69) is 34.9 Å². The summed E-state index contributed by atoms with van der Waals surface area (Å²) in [7, 11) is 0. The van der Waals surface area contributed by atoms with Crippen molar-refractivity contribution < 1.29 is 13.2 Å². The second kappa shape index (κ2) is 8.09. The van der Waals surface area contributed by atoms with E-state index in [0.717, 1.165) is 48.2 Å². The smallest absolute Gasteiger partial charge is 0.330 e. The van der Waals surface area contributed by atoms with E-state index in [9.17, 15) is 13.2 Å². The second-order valence-corrected chi connectivity index (χ2v) is 7.59. The van der Waals surface area contributed by atoms with Crippen LogP contribution in [-0.2, 0) is 12.6 Å². The highest BCUT2D eigenvalue weighted by atomic mass is 35.5. The predicted molar refractivity (Wildman–Crippen MR) is 111 cm³/mol. The summed E-state index contributed by atoms with van der Waals surface area (Å²) < 4.78 is 38.7. The van der Waals surface area contributed by atoms with Crippen molar-refractivity contribution in [2.45, 2.75) is 39.3 Å². The van der Waals surface area contributed by atoms with E-state index in [0.29, 0.717) is 0 Å². The number of anilines is 1. The molecule has 1 aliphatic rings. The van der Waals surface area contributed by atoms with Crippen molar-refractivity contribution in [1.29, 1.82) is 0 Å². The van der Waals surface area contributed by atoms with Crippen molar-refractivity contribution in [1.82, 2.24) is 5.43 Å². The Kier molecular flexibility index (Phi) is 5.95. The maximum absolute atomic E-state index is 12.9. The molecule has 148 valence electrons. The van der Waals surface area contributed by atoms with Gasteiger partial charge in [-0.1, -0.05) is 23.2 Å². The molecule has 0 saturated carbocycles. The van der Waals surface area contributed by atoms with Crippen LogP contribution in [0.15, 0.2) is 35.4 Å². The second-order valence-electron chi connectivity index (χ2n) is 6.78. The fraction of sp³-hybridized carbons (Fsp3) is 0.300. The normalized spacial score (nSPS) is 15.3. The summed E-state index contributed by atoms with van der Waals surface area (Å²) in [6, 6.07) is 7.28. The molecule has 0 unspecified atom stereocenters. The number of benzene rings is 2. The lowest BCUT2D eigenvalue weighted by molar-refractivity contribution is -0.137. The average molecular weight is 426 g/mol. The first-order valence-corrected chi connectivity index (χ1v) is 9.54. The zero-order chi connectivity index (χ0) is 20.5. The summed E-state index contributed by atoms with van der Waals surface area (Å²) in [5.74, 6) is 0. The lowest BCUT2D eigenvalue weighted by atomic mass is 9.86. The van der Waals surface area contributed by atoms with Gasteiger partial charge in [-0.2, -0.15) is 18.3 Å². The minimum Gasteiger partial charge on any atom is -0.330 e. The number of hydrogen-bond acceptors (Lipinski definition) is 2. The first-order chi connectivity index (χ1) is 13.1. The molecular formula is C20H19ClF3N3S. The van der Waals surface area contributed by atoms with E-state index in [4.69, 9.17) is 23.8 Å². The highest BCUT2D eigenvalue weighted by molar-refractivity contribution is 7.80. The van der Waals surface area contributed by atoms with Gasteiger partial charge in [-0.05, 0) is 80.7 Å². The molecule has 1 aliphatic carbocycles. The Bertz CT molecular complexity index is 954. The van der Waals surface area contributed by atoms with Crippen LogP contribution >= 0.6 is 23.8 Å². The van der Waals surface area contributed by atoms with Crippen LogP contribution < -0.4 is 10.7 Å². The lowest BCUT2D eigenvalue weighted by Gasteiger charge is -2.21. The highest BCUT2D eigenvalue weighted by Gasteiger charge is 2.31. The molecular weight excluding hydrogens is 407 g/mol. The minimum absolute atomic E-state index is 0.0740. The Morgan fingerprint density at radius 2 is 1.89 bits per heavy atom. The summed E-state index contributed by atoms with van der Waals surface area (Å²) in [4.78, 5) is 0. The van der Waals surface area contributed by atoms with Crippen LogP contribution in [0.4, 0.5) is 18.9 Å². The van der Waals surface area contributed by atoms with Crippen molar-refractivity contribution in [2.75, 3.05) is 5.32 Å². The van der Waals surface area contributed by atoms with Crippen molar-refractivity contribution >= 4 is 40.3 Å². The quantitative estimate of drug-likeness (QED) is 0.457. The van der Waals surface area contributed by atoms with E-state index in [1.165, 1.54) is 17.2 Å². The molecule has 3 rings (SSSR count). The van der Waals surface area contributed by atoms with Gasteiger partial charge in [0.05, 0.1) is 22.0 Å². The Morgan fingerprint density at radius 3 is 2.61 bits per heavy atom. The molecule has 8 heteroatoms. The Morgan fingerprint density at radius 1 is 1.14 bits per heavy atom. The number of fused-ring (bicyclic) bond motifs is 1. The van der Waals surface area contributed by atoms with Crippen LogP contribution in [0.1, 0.15) is 40.7 Å². The third kappa shape index (κ3) is 4.64. The molecule has 2 aromatic carbocycles. The fourth-order valence-corrected chi connectivity index (χ4v) is 3.66. The van der Waals surface area contributed by atoms with E-state index in [1.54, 1.807) is 0 Å². The van der Waals surface area contributed by atoms with Crippen LogP contribution in [-0.4, -0.2) is 10.8 Å². The van der Waals surface area contributed by atoms with Crippen LogP contribution in [0, 0.1) is 13.8 Å². The summed E-state index contributed by atoms with van der Waals surface area (Å²) in [5.41, 5.74) is 7.64. The Balaban J connectivity index is 1.77. The van der Waals surface area contributed by atoms with Crippen LogP contribution in [0.2, 0.25) is 5.02 Å². The van der Waals surface area contributed by atoms with Crippen molar-refractivity contribution in [3.05, 3.63) is 63.2 Å². The number of hydrazone groups is 1. The van der Waals surface area contributed by atoms with Gasteiger partial charge in [0, 0.05) is 5.56 Å². The monoisotopic (exact) mass is 425 g/mol. The molecule has 0 saturated heterocycles. The molecule has 0 fully saturated rings. The first-order valence-electron chi connectivity index (χ1n) is 8.76.